The maximum Gasteiger partial charge on any atom is 0.188 e. The summed E-state index contributed by atoms with van der Waals surface area (Å²) in [6.07, 6.45) is 0. The number of aromatic nitrogens is 4. The van der Waals surface area contributed by atoms with E-state index in [0.717, 1.165) is 43.8 Å². The first-order valence-electron chi connectivity index (χ1n) is 6.26. The summed E-state index contributed by atoms with van der Waals surface area (Å²) in [6.45, 7) is 8.92. The molecule has 0 spiro atoms. The van der Waals surface area contributed by atoms with Crippen LogP contribution in [0.25, 0.3) is 0 Å². The first-order chi connectivity index (χ1) is 8.07. The number of aryl methyl sites for hydroxylation is 1. The maximum atomic E-state index is 4.27. The van der Waals surface area contributed by atoms with Gasteiger partial charge in [-0.25, -0.2) is 0 Å². The summed E-state index contributed by atoms with van der Waals surface area (Å²) in [7, 11) is 1.81. The molecule has 2 fully saturated rings. The van der Waals surface area contributed by atoms with Gasteiger partial charge < -0.3 is 5.32 Å². The van der Waals surface area contributed by atoms with Crippen LogP contribution in [0.15, 0.2) is 0 Å². The molecule has 0 amide bonds. The Morgan fingerprint density at radius 1 is 1.41 bits per heavy atom. The van der Waals surface area contributed by atoms with Gasteiger partial charge in [0.25, 0.3) is 0 Å². The van der Waals surface area contributed by atoms with Crippen molar-refractivity contribution in [2.75, 3.05) is 19.6 Å². The Balaban J connectivity index is 1.76. The zero-order chi connectivity index (χ0) is 12.0. The largest absolute Gasteiger partial charge is 0.316 e. The molecule has 2 unspecified atom stereocenters. The lowest BCUT2D eigenvalue weighted by molar-refractivity contribution is 0.128. The lowest BCUT2D eigenvalue weighted by atomic mass is 9.85. The molecule has 1 aromatic rings. The van der Waals surface area contributed by atoms with Gasteiger partial charge in [-0.2, -0.15) is 4.80 Å². The fourth-order valence-corrected chi connectivity index (χ4v) is 3.33. The number of fused-ring (bicyclic) bond motifs is 1. The molecule has 3 rings (SSSR count). The average molecular weight is 236 g/mol. The summed E-state index contributed by atoms with van der Waals surface area (Å²) in [4.78, 5) is 4.03. The van der Waals surface area contributed by atoms with E-state index in [2.05, 4.69) is 39.5 Å². The number of hydrogen-bond donors (Lipinski definition) is 1. The van der Waals surface area contributed by atoms with Crippen molar-refractivity contribution in [2.24, 2.45) is 18.9 Å². The molecule has 17 heavy (non-hydrogen) atoms. The first-order valence-corrected chi connectivity index (χ1v) is 6.26. The maximum absolute atomic E-state index is 4.27. The predicted molar refractivity (Wildman–Crippen MR) is 63.1 cm³/mol. The predicted octanol–water partition coefficient (Wildman–Crippen LogP) is -0.360. The van der Waals surface area contributed by atoms with Crippen LogP contribution in [0, 0.1) is 11.8 Å². The van der Waals surface area contributed by atoms with E-state index in [1.165, 1.54) is 4.80 Å². The van der Waals surface area contributed by atoms with Crippen molar-refractivity contribution in [3.63, 3.8) is 0 Å². The summed E-state index contributed by atoms with van der Waals surface area (Å²) in [5.41, 5.74) is 0.230. The third-order valence-corrected chi connectivity index (χ3v) is 4.40. The number of nitrogens with zero attached hydrogens (tertiary/aromatic N) is 5. The molecule has 6 nitrogen and oxygen atoms in total. The number of likely N-dealkylation sites (tertiary alicyclic amines) is 1. The zero-order valence-electron chi connectivity index (χ0n) is 10.7. The fraction of sp³-hybridized carbons (Fsp3) is 0.909. The SMILES string of the molecule is Cn1nnc(CN2CC3CNCC3C2(C)C)n1. The minimum absolute atomic E-state index is 0.230. The molecule has 2 atom stereocenters. The van der Waals surface area contributed by atoms with E-state index in [1.54, 1.807) is 0 Å². The normalized spacial score (nSPS) is 31.9. The van der Waals surface area contributed by atoms with Crippen LogP contribution in [-0.4, -0.2) is 50.3 Å². The molecule has 0 saturated carbocycles. The Hall–Kier alpha value is -1.01. The van der Waals surface area contributed by atoms with Gasteiger partial charge >= 0.3 is 0 Å². The van der Waals surface area contributed by atoms with Crippen molar-refractivity contribution in [1.82, 2.24) is 30.4 Å². The van der Waals surface area contributed by atoms with Gasteiger partial charge in [0.2, 0.25) is 0 Å². The molecule has 0 bridgehead atoms. The zero-order valence-corrected chi connectivity index (χ0v) is 10.7. The van der Waals surface area contributed by atoms with E-state index in [4.69, 9.17) is 0 Å². The van der Waals surface area contributed by atoms with Gasteiger partial charge in [-0.3, -0.25) is 4.90 Å². The molecule has 2 aliphatic heterocycles. The average Bonchev–Trinajstić information content (AvgIpc) is 2.90. The highest BCUT2D eigenvalue weighted by atomic mass is 15.6. The van der Waals surface area contributed by atoms with Crippen molar-refractivity contribution in [1.29, 1.82) is 0 Å². The van der Waals surface area contributed by atoms with E-state index in [1.807, 2.05) is 7.05 Å². The number of hydrogen-bond acceptors (Lipinski definition) is 5. The second-order valence-electron chi connectivity index (χ2n) is 5.75. The highest BCUT2D eigenvalue weighted by Gasteiger charge is 2.49. The van der Waals surface area contributed by atoms with Gasteiger partial charge in [-0.1, -0.05) is 0 Å². The smallest absolute Gasteiger partial charge is 0.188 e. The highest BCUT2D eigenvalue weighted by Crippen LogP contribution is 2.40. The van der Waals surface area contributed by atoms with Crippen LogP contribution in [0.4, 0.5) is 0 Å². The summed E-state index contributed by atoms with van der Waals surface area (Å²) in [5.74, 6) is 2.36. The summed E-state index contributed by atoms with van der Waals surface area (Å²) in [6, 6.07) is 0. The standard InChI is InChI=1S/C11H20N6/c1-11(2)9-5-12-4-8(9)6-17(11)7-10-13-15-16(3)14-10/h8-9,12H,4-7H2,1-3H3. The Bertz CT molecular complexity index is 412. The lowest BCUT2D eigenvalue weighted by Crippen LogP contribution is -2.44. The third-order valence-electron chi connectivity index (χ3n) is 4.40. The minimum Gasteiger partial charge on any atom is -0.316 e. The molecular weight excluding hydrogens is 216 g/mol. The van der Waals surface area contributed by atoms with E-state index in [0.29, 0.717) is 0 Å². The summed E-state index contributed by atoms with van der Waals surface area (Å²) in [5, 5.41) is 15.7. The van der Waals surface area contributed by atoms with Crippen LogP contribution in [0.3, 0.4) is 0 Å². The van der Waals surface area contributed by atoms with Crippen molar-refractivity contribution in [3.8, 4) is 0 Å². The van der Waals surface area contributed by atoms with E-state index < -0.39 is 0 Å². The quantitative estimate of drug-likeness (QED) is 0.760. The van der Waals surface area contributed by atoms with Gasteiger partial charge in [-0.05, 0) is 37.4 Å². The molecule has 2 aliphatic rings. The molecule has 0 aromatic carbocycles. The van der Waals surface area contributed by atoms with E-state index >= 15 is 0 Å². The molecular formula is C11H20N6. The molecule has 1 aromatic heterocycles. The van der Waals surface area contributed by atoms with Crippen LogP contribution in [0.2, 0.25) is 0 Å². The van der Waals surface area contributed by atoms with Crippen molar-refractivity contribution in [2.45, 2.75) is 25.9 Å². The van der Waals surface area contributed by atoms with Crippen molar-refractivity contribution in [3.05, 3.63) is 5.82 Å². The van der Waals surface area contributed by atoms with Gasteiger partial charge in [-0.15, -0.1) is 10.2 Å². The lowest BCUT2D eigenvalue weighted by Gasteiger charge is -2.34. The van der Waals surface area contributed by atoms with E-state index in [-0.39, 0.29) is 5.54 Å². The second kappa shape index (κ2) is 3.74. The second-order valence-corrected chi connectivity index (χ2v) is 5.75. The Morgan fingerprint density at radius 2 is 2.24 bits per heavy atom. The van der Waals surface area contributed by atoms with Crippen LogP contribution in [0.5, 0.6) is 0 Å². The highest BCUT2D eigenvalue weighted by molar-refractivity contribution is 5.05. The molecule has 6 heteroatoms. The van der Waals surface area contributed by atoms with Crippen LogP contribution >= 0.6 is 0 Å². The van der Waals surface area contributed by atoms with Crippen molar-refractivity contribution >= 4 is 0 Å². The first kappa shape index (κ1) is 11.1. The van der Waals surface area contributed by atoms with Gasteiger partial charge in [0, 0.05) is 18.6 Å². The minimum atomic E-state index is 0.230. The summed E-state index contributed by atoms with van der Waals surface area (Å²) < 4.78 is 0. The summed E-state index contributed by atoms with van der Waals surface area (Å²) >= 11 is 0. The molecule has 2 saturated heterocycles. The van der Waals surface area contributed by atoms with E-state index in [9.17, 15) is 0 Å². The number of rotatable bonds is 2. The monoisotopic (exact) mass is 236 g/mol. The fourth-order valence-electron chi connectivity index (χ4n) is 3.33. The van der Waals surface area contributed by atoms with Gasteiger partial charge in [0.05, 0.1) is 13.6 Å². The molecule has 0 radical (unpaired) electrons. The van der Waals surface area contributed by atoms with Crippen molar-refractivity contribution < 1.29 is 0 Å². The van der Waals surface area contributed by atoms with Gasteiger partial charge in [0.15, 0.2) is 5.82 Å². The molecule has 94 valence electrons. The third kappa shape index (κ3) is 1.75. The molecule has 1 N–H and O–H groups in total. The number of nitrogens with one attached hydrogen (secondary N) is 1. The van der Waals surface area contributed by atoms with Crippen LogP contribution in [0.1, 0.15) is 19.7 Å². The van der Waals surface area contributed by atoms with Crippen LogP contribution in [-0.2, 0) is 13.6 Å². The topological polar surface area (TPSA) is 58.9 Å². The Kier molecular flexibility index (Phi) is 2.45. The van der Waals surface area contributed by atoms with Crippen LogP contribution < -0.4 is 5.32 Å². The van der Waals surface area contributed by atoms with Gasteiger partial charge in [0.1, 0.15) is 0 Å². The Morgan fingerprint density at radius 3 is 2.88 bits per heavy atom. The molecule has 0 aliphatic carbocycles. The Labute approximate surface area is 101 Å². The number of tetrazole rings is 1. The molecule has 3 heterocycles.